The molecule has 3 aromatic rings. The highest BCUT2D eigenvalue weighted by molar-refractivity contribution is 7.90. The lowest BCUT2D eigenvalue weighted by Crippen LogP contribution is -2.22. The molecular formula is C21H20N2O3S. The van der Waals surface area contributed by atoms with E-state index in [9.17, 15) is 13.2 Å². The first kappa shape index (κ1) is 18.7. The third-order valence-electron chi connectivity index (χ3n) is 4.02. The average molecular weight is 380 g/mol. The van der Waals surface area contributed by atoms with E-state index in [0.717, 1.165) is 23.1 Å². The summed E-state index contributed by atoms with van der Waals surface area (Å²) >= 11 is 0. The monoisotopic (exact) mass is 380 g/mol. The number of rotatable bonds is 6. The van der Waals surface area contributed by atoms with Crippen molar-refractivity contribution < 1.29 is 13.2 Å². The number of carbonyl (C=O) groups excluding carboxylic acids is 1. The summed E-state index contributed by atoms with van der Waals surface area (Å²) in [6.45, 7) is 0.0949. The molecule has 0 spiro atoms. The van der Waals surface area contributed by atoms with Crippen molar-refractivity contribution in [2.45, 2.75) is 4.90 Å². The van der Waals surface area contributed by atoms with Crippen LogP contribution in [-0.4, -0.2) is 27.1 Å². The SMILES string of the molecule is CS(=O)(=O)c1ccc(NC(=O)CNc2ccccc2-c2ccccc2)cc1. The molecule has 0 aliphatic rings. The first-order chi connectivity index (χ1) is 12.9. The van der Waals surface area contributed by atoms with Gasteiger partial charge in [0.05, 0.1) is 11.4 Å². The van der Waals surface area contributed by atoms with Crippen LogP contribution in [0.25, 0.3) is 11.1 Å². The molecule has 3 aromatic carbocycles. The van der Waals surface area contributed by atoms with Crippen LogP contribution in [0.15, 0.2) is 83.8 Å². The lowest BCUT2D eigenvalue weighted by molar-refractivity contribution is -0.114. The molecule has 0 heterocycles. The number of anilines is 2. The molecule has 0 bridgehead atoms. The molecule has 6 heteroatoms. The van der Waals surface area contributed by atoms with E-state index >= 15 is 0 Å². The summed E-state index contributed by atoms with van der Waals surface area (Å²) in [6, 6.07) is 23.8. The Hall–Kier alpha value is -3.12. The Balaban J connectivity index is 1.65. The van der Waals surface area contributed by atoms with Gasteiger partial charge in [-0.25, -0.2) is 8.42 Å². The van der Waals surface area contributed by atoms with E-state index in [0.29, 0.717) is 5.69 Å². The van der Waals surface area contributed by atoms with Crippen LogP contribution in [-0.2, 0) is 14.6 Å². The van der Waals surface area contributed by atoms with Crippen molar-refractivity contribution in [3.8, 4) is 11.1 Å². The number of hydrogen-bond acceptors (Lipinski definition) is 4. The van der Waals surface area contributed by atoms with Gasteiger partial charge in [-0.2, -0.15) is 0 Å². The lowest BCUT2D eigenvalue weighted by Gasteiger charge is -2.12. The highest BCUT2D eigenvalue weighted by atomic mass is 32.2. The van der Waals surface area contributed by atoms with Crippen molar-refractivity contribution in [2.75, 3.05) is 23.4 Å². The van der Waals surface area contributed by atoms with Gasteiger partial charge in [0.15, 0.2) is 9.84 Å². The predicted molar refractivity (Wildman–Crippen MR) is 109 cm³/mol. The molecule has 0 saturated carbocycles. The van der Waals surface area contributed by atoms with Crippen LogP contribution < -0.4 is 10.6 Å². The molecule has 0 aliphatic carbocycles. The summed E-state index contributed by atoms with van der Waals surface area (Å²) < 4.78 is 23.0. The van der Waals surface area contributed by atoms with E-state index in [1.165, 1.54) is 12.1 Å². The van der Waals surface area contributed by atoms with Gasteiger partial charge < -0.3 is 10.6 Å². The summed E-state index contributed by atoms with van der Waals surface area (Å²) in [4.78, 5) is 12.4. The zero-order valence-electron chi connectivity index (χ0n) is 14.8. The topological polar surface area (TPSA) is 75.3 Å². The van der Waals surface area contributed by atoms with Gasteiger partial charge in [0, 0.05) is 23.2 Å². The molecule has 1 amide bonds. The summed E-state index contributed by atoms with van der Waals surface area (Å²) in [7, 11) is -3.25. The smallest absolute Gasteiger partial charge is 0.243 e. The summed E-state index contributed by atoms with van der Waals surface area (Å²) in [5, 5.41) is 5.91. The van der Waals surface area contributed by atoms with E-state index in [-0.39, 0.29) is 17.3 Å². The number of hydrogen-bond donors (Lipinski definition) is 2. The molecule has 0 aromatic heterocycles. The maximum atomic E-state index is 12.2. The average Bonchev–Trinajstić information content (AvgIpc) is 2.67. The molecule has 5 nitrogen and oxygen atoms in total. The lowest BCUT2D eigenvalue weighted by atomic mass is 10.0. The number of sulfone groups is 1. The number of benzene rings is 3. The number of amides is 1. The molecule has 0 aliphatic heterocycles. The number of carbonyl (C=O) groups is 1. The van der Waals surface area contributed by atoms with Gasteiger partial charge in [0.2, 0.25) is 5.91 Å². The van der Waals surface area contributed by atoms with Crippen LogP contribution in [0.2, 0.25) is 0 Å². The van der Waals surface area contributed by atoms with E-state index in [1.807, 2.05) is 54.6 Å². The fourth-order valence-corrected chi connectivity index (χ4v) is 3.30. The van der Waals surface area contributed by atoms with Gasteiger partial charge in [-0.1, -0.05) is 48.5 Å². The largest absolute Gasteiger partial charge is 0.376 e. The second-order valence-electron chi connectivity index (χ2n) is 6.11. The second-order valence-corrected chi connectivity index (χ2v) is 8.13. The van der Waals surface area contributed by atoms with E-state index in [4.69, 9.17) is 0 Å². The Morgan fingerprint density at radius 2 is 1.48 bits per heavy atom. The van der Waals surface area contributed by atoms with Crippen LogP contribution in [0.1, 0.15) is 0 Å². The zero-order chi connectivity index (χ0) is 19.3. The molecule has 3 rings (SSSR count). The van der Waals surface area contributed by atoms with Crippen LogP contribution in [0.5, 0.6) is 0 Å². The van der Waals surface area contributed by atoms with E-state index < -0.39 is 9.84 Å². The summed E-state index contributed by atoms with van der Waals surface area (Å²) in [5.74, 6) is -0.218. The fraction of sp³-hybridized carbons (Fsp3) is 0.0952. The Labute approximate surface area is 159 Å². The molecule has 138 valence electrons. The third-order valence-corrected chi connectivity index (χ3v) is 5.15. The second kappa shape index (κ2) is 8.05. The summed E-state index contributed by atoms with van der Waals surface area (Å²) in [6.07, 6.45) is 1.15. The maximum absolute atomic E-state index is 12.2. The molecule has 27 heavy (non-hydrogen) atoms. The molecule has 0 unspecified atom stereocenters. The Morgan fingerprint density at radius 3 is 2.15 bits per heavy atom. The normalized spacial score (nSPS) is 11.0. The maximum Gasteiger partial charge on any atom is 0.243 e. The molecule has 0 fully saturated rings. The van der Waals surface area contributed by atoms with Crippen molar-refractivity contribution in [3.05, 3.63) is 78.9 Å². The minimum atomic E-state index is -3.25. The molecule has 2 N–H and O–H groups in total. The summed E-state index contributed by atoms with van der Waals surface area (Å²) in [5.41, 5.74) is 3.50. The molecule has 0 atom stereocenters. The Kier molecular flexibility index (Phi) is 5.57. The minimum absolute atomic E-state index is 0.0949. The van der Waals surface area contributed by atoms with Crippen molar-refractivity contribution in [2.24, 2.45) is 0 Å². The predicted octanol–water partition coefficient (Wildman–Crippen LogP) is 3.81. The van der Waals surface area contributed by atoms with Gasteiger partial charge in [-0.3, -0.25) is 4.79 Å². The highest BCUT2D eigenvalue weighted by Crippen LogP contribution is 2.27. The van der Waals surface area contributed by atoms with E-state index in [2.05, 4.69) is 10.6 Å². The number of para-hydroxylation sites is 1. The molecular weight excluding hydrogens is 360 g/mol. The van der Waals surface area contributed by atoms with Crippen LogP contribution in [0, 0.1) is 0 Å². The van der Waals surface area contributed by atoms with Crippen molar-refractivity contribution in [3.63, 3.8) is 0 Å². The van der Waals surface area contributed by atoms with Crippen molar-refractivity contribution in [1.82, 2.24) is 0 Å². The quantitative estimate of drug-likeness (QED) is 0.682. The van der Waals surface area contributed by atoms with Gasteiger partial charge in [0.25, 0.3) is 0 Å². The van der Waals surface area contributed by atoms with Crippen molar-refractivity contribution in [1.29, 1.82) is 0 Å². The third kappa shape index (κ3) is 4.95. The van der Waals surface area contributed by atoms with Crippen LogP contribution in [0.4, 0.5) is 11.4 Å². The van der Waals surface area contributed by atoms with Crippen LogP contribution in [0.3, 0.4) is 0 Å². The minimum Gasteiger partial charge on any atom is -0.376 e. The fourth-order valence-electron chi connectivity index (χ4n) is 2.67. The zero-order valence-corrected chi connectivity index (χ0v) is 15.7. The van der Waals surface area contributed by atoms with Gasteiger partial charge in [-0.15, -0.1) is 0 Å². The van der Waals surface area contributed by atoms with Gasteiger partial charge in [-0.05, 0) is 35.9 Å². The first-order valence-electron chi connectivity index (χ1n) is 8.42. The number of nitrogens with one attached hydrogen (secondary N) is 2. The molecule has 0 saturated heterocycles. The van der Waals surface area contributed by atoms with Gasteiger partial charge >= 0.3 is 0 Å². The highest BCUT2D eigenvalue weighted by Gasteiger charge is 2.09. The first-order valence-corrected chi connectivity index (χ1v) is 10.3. The van der Waals surface area contributed by atoms with Crippen LogP contribution >= 0.6 is 0 Å². The Bertz CT molecular complexity index is 1030. The molecule has 0 radical (unpaired) electrons. The van der Waals surface area contributed by atoms with Gasteiger partial charge in [0.1, 0.15) is 0 Å². The standard InChI is InChI=1S/C21H20N2O3S/c1-27(25,26)18-13-11-17(12-14-18)23-21(24)15-22-20-10-6-5-9-19(20)16-7-3-2-4-8-16/h2-14,22H,15H2,1H3,(H,23,24). The Morgan fingerprint density at radius 1 is 0.852 bits per heavy atom. The van der Waals surface area contributed by atoms with E-state index in [1.54, 1.807) is 12.1 Å². The van der Waals surface area contributed by atoms with Crippen molar-refractivity contribution >= 4 is 27.1 Å².